The molecule has 0 aromatic heterocycles. The molecule has 1 aromatic rings. The van der Waals surface area contributed by atoms with Crippen molar-refractivity contribution in [2.75, 3.05) is 19.6 Å². The first kappa shape index (κ1) is 14.1. The highest BCUT2D eigenvalue weighted by Gasteiger charge is 2.37. The Morgan fingerprint density at radius 2 is 2.05 bits per heavy atom. The smallest absolute Gasteiger partial charge is 0.124 e. The maximum atomic E-state index is 6.79. The van der Waals surface area contributed by atoms with Gasteiger partial charge < -0.3 is 10.6 Å². The number of amidine groups is 1. The molecule has 104 valence electrons. The molecule has 1 unspecified atom stereocenters. The molecule has 0 saturated heterocycles. The molecule has 19 heavy (non-hydrogen) atoms. The highest BCUT2D eigenvalue weighted by Crippen LogP contribution is 2.31. The van der Waals surface area contributed by atoms with E-state index in [1.54, 1.807) is 0 Å². The van der Waals surface area contributed by atoms with Crippen LogP contribution in [0.15, 0.2) is 23.2 Å². The second-order valence-electron chi connectivity index (χ2n) is 5.36. The lowest BCUT2D eigenvalue weighted by atomic mass is 9.82. The Balaban J connectivity index is 2.51. The van der Waals surface area contributed by atoms with Crippen molar-refractivity contribution in [1.29, 1.82) is 0 Å². The molecule has 0 aliphatic carbocycles. The maximum absolute atomic E-state index is 6.79. The second kappa shape index (κ2) is 5.33. The first-order chi connectivity index (χ1) is 9.04. The van der Waals surface area contributed by atoms with Gasteiger partial charge in [-0.3, -0.25) is 4.99 Å². The number of hydrogen-bond acceptors (Lipinski definition) is 3. The zero-order chi connectivity index (χ0) is 14.0. The third-order valence-electron chi connectivity index (χ3n) is 4.35. The van der Waals surface area contributed by atoms with Crippen molar-refractivity contribution in [1.82, 2.24) is 4.90 Å². The van der Waals surface area contributed by atoms with Crippen LogP contribution in [0.2, 0.25) is 0 Å². The maximum Gasteiger partial charge on any atom is 0.124 e. The van der Waals surface area contributed by atoms with Crippen LogP contribution in [0.1, 0.15) is 37.0 Å². The van der Waals surface area contributed by atoms with E-state index in [-0.39, 0.29) is 0 Å². The number of nitrogens with two attached hydrogens (primary N) is 1. The zero-order valence-corrected chi connectivity index (χ0v) is 12.5. The van der Waals surface area contributed by atoms with Gasteiger partial charge in [-0.25, -0.2) is 0 Å². The molecule has 1 aromatic carbocycles. The van der Waals surface area contributed by atoms with Gasteiger partial charge in [-0.1, -0.05) is 25.1 Å². The molecule has 0 fully saturated rings. The van der Waals surface area contributed by atoms with Crippen molar-refractivity contribution in [3.05, 3.63) is 34.9 Å². The molecule has 2 N–H and O–H groups in total. The molecule has 2 rings (SSSR count). The van der Waals surface area contributed by atoms with Gasteiger partial charge >= 0.3 is 0 Å². The van der Waals surface area contributed by atoms with Crippen LogP contribution in [0.4, 0.5) is 0 Å². The summed E-state index contributed by atoms with van der Waals surface area (Å²) in [5, 5.41) is 0. The van der Waals surface area contributed by atoms with Gasteiger partial charge in [0.2, 0.25) is 0 Å². The summed E-state index contributed by atoms with van der Waals surface area (Å²) in [4.78, 5) is 7.01. The minimum Gasteiger partial charge on any atom is -0.357 e. The van der Waals surface area contributed by atoms with Crippen molar-refractivity contribution in [3.63, 3.8) is 0 Å². The normalized spacial score (nSPS) is 18.4. The lowest BCUT2D eigenvalue weighted by Crippen LogP contribution is -2.51. The molecule has 1 aliphatic heterocycles. The SMILES string of the molecule is CCN1CCN=C1C(N)(CC)c1cccc(C)c1C. The van der Waals surface area contributed by atoms with Crippen LogP contribution in [0.25, 0.3) is 0 Å². The van der Waals surface area contributed by atoms with Gasteiger partial charge in [0.15, 0.2) is 0 Å². The first-order valence-electron chi connectivity index (χ1n) is 7.20. The van der Waals surface area contributed by atoms with Crippen LogP contribution < -0.4 is 5.73 Å². The Kier molecular flexibility index (Phi) is 3.95. The van der Waals surface area contributed by atoms with E-state index >= 15 is 0 Å². The van der Waals surface area contributed by atoms with Gasteiger partial charge in [0.1, 0.15) is 5.84 Å². The minimum absolute atomic E-state index is 0.456. The molecule has 0 spiro atoms. The largest absolute Gasteiger partial charge is 0.357 e. The number of likely N-dealkylation sites (N-methyl/N-ethyl adjacent to an activating group) is 1. The second-order valence-corrected chi connectivity index (χ2v) is 5.36. The van der Waals surface area contributed by atoms with E-state index in [9.17, 15) is 0 Å². The van der Waals surface area contributed by atoms with E-state index in [0.717, 1.165) is 31.9 Å². The Hall–Kier alpha value is -1.35. The number of aliphatic imine (C=N–C) groups is 1. The Morgan fingerprint density at radius 1 is 1.32 bits per heavy atom. The molecule has 0 saturated carbocycles. The van der Waals surface area contributed by atoms with E-state index in [2.05, 4.69) is 50.8 Å². The van der Waals surface area contributed by atoms with Gasteiger partial charge in [-0.2, -0.15) is 0 Å². The predicted octanol–water partition coefficient (Wildman–Crippen LogP) is 2.60. The third-order valence-corrected chi connectivity index (χ3v) is 4.35. The van der Waals surface area contributed by atoms with Gasteiger partial charge in [0.05, 0.1) is 12.1 Å². The summed E-state index contributed by atoms with van der Waals surface area (Å²) in [5.74, 6) is 1.06. The lowest BCUT2D eigenvalue weighted by Gasteiger charge is -2.35. The van der Waals surface area contributed by atoms with Gasteiger partial charge in [0, 0.05) is 13.1 Å². The molecule has 1 atom stereocenters. The van der Waals surface area contributed by atoms with E-state index in [0.29, 0.717) is 0 Å². The topological polar surface area (TPSA) is 41.6 Å². The highest BCUT2D eigenvalue weighted by molar-refractivity contribution is 5.94. The van der Waals surface area contributed by atoms with Gasteiger partial charge in [0.25, 0.3) is 0 Å². The predicted molar refractivity (Wildman–Crippen MR) is 81.6 cm³/mol. The van der Waals surface area contributed by atoms with Gasteiger partial charge in [-0.15, -0.1) is 0 Å². The summed E-state index contributed by atoms with van der Waals surface area (Å²) < 4.78 is 0. The van der Waals surface area contributed by atoms with Crippen LogP contribution >= 0.6 is 0 Å². The average molecular weight is 259 g/mol. The van der Waals surface area contributed by atoms with Crippen molar-refractivity contribution in [3.8, 4) is 0 Å². The number of nitrogens with zero attached hydrogens (tertiary/aromatic N) is 2. The van der Waals surface area contributed by atoms with Gasteiger partial charge in [-0.05, 0) is 43.9 Å². The fourth-order valence-corrected chi connectivity index (χ4v) is 2.92. The summed E-state index contributed by atoms with van der Waals surface area (Å²) in [6.45, 7) is 11.5. The van der Waals surface area contributed by atoms with E-state index in [4.69, 9.17) is 10.7 Å². The fourth-order valence-electron chi connectivity index (χ4n) is 2.92. The first-order valence-corrected chi connectivity index (χ1v) is 7.20. The molecule has 0 amide bonds. The average Bonchev–Trinajstić information content (AvgIpc) is 2.90. The van der Waals surface area contributed by atoms with Crippen molar-refractivity contribution < 1.29 is 0 Å². The molecule has 3 heteroatoms. The molecule has 1 aliphatic rings. The van der Waals surface area contributed by atoms with E-state index in [1.807, 2.05) is 0 Å². The summed E-state index contributed by atoms with van der Waals surface area (Å²) in [6, 6.07) is 6.39. The third kappa shape index (κ3) is 2.27. The highest BCUT2D eigenvalue weighted by atomic mass is 15.3. The number of hydrogen-bond donors (Lipinski definition) is 1. The molecular weight excluding hydrogens is 234 g/mol. The molecule has 3 nitrogen and oxygen atoms in total. The summed E-state index contributed by atoms with van der Waals surface area (Å²) in [5.41, 5.74) is 10.1. The molecule has 1 heterocycles. The van der Waals surface area contributed by atoms with Crippen molar-refractivity contribution >= 4 is 5.84 Å². The minimum atomic E-state index is -0.456. The van der Waals surface area contributed by atoms with Crippen LogP contribution in [-0.2, 0) is 5.54 Å². The summed E-state index contributed by atoms with van der Waals surface area (Å²) in [6.07, 6.45) is 0.868. The summed E-state index contributed by atoms with van der Waals surface area (Å²) >= 11 is 0. The van der Waals surface area contributed by atoms with Crippen LogP contribution in [0, 0.1) is 13.8 Å². The number of benzene rings is 1. The van der Waals surface area contributed by atoms with Crippen LogP contribution in [0.5, 0.6) is 0 Å². The van der Waals surface area contributed by atoms with E-state index in [1.165, 1.54) is 16.7 Å². The quantitative estimate of drug-likeness (QED) is 0.903. The standard InChI is InChI=1S/C16H25N3/c1-5-16(17,15-18-10-11-19(15)6-2)14-9-7-8-12(3)13(14)4/h7-9H,5-6,10-11,17H2,1-4H3. The number of aryl methyl sites for hydroxylation is 1. The fraction of sp³-hybridized carbons (Fsp3) is 0.562. The molecular formula is C16H25N3. The number of rotatable bonds is 4. The van der Waals surface area contributed by atoms with Crippen molar-refractivity contribution in [2.45, 2.75) is 39.7 Å². The summed E-state index contributed by atoms with van der Waals surface area (Å²) in [7, 11) is 0. The molecule has 0 radical (unpaired) electrons. The van der Waals surface area contributed by atoms with E-state index < -0.39 is 5.54 Å². The van der Waals surface area contributed by atoms with Crippen molar-refractivity contribution in [2.24, 2.45) is 10.7 Å². The monoisotopic (exact) mass is 259 g/mol. The zero-order valence-electron chi connectivity index (χ0n) is 12.5. The Morgan fingerprint density at radius 3 is 2.68 bits per heavy atom. The van der Waals surface area contributed by atoms with Crippen LogP contribution in [-0.4, -0.2) is 30.4 Å². The Labute approximate surface area is 116 Å². The van der Waals surface area contributed by atoms with Crippen LogP contribution in [0.3, 0.4) is 0 Å². The Bertz CT molecular complexity index is 493. The lowest BCUT2D eigenvalue weighted by molar-refractivity contribution is 0.425. The molecule has 0 bridgehead atoms.